The molecule has 2 N–H and O–H groups in total. The van der Waals surface area contributed by atoms with Crippen molar-refractivity contribution in [2.45, 2.75) is 0 Å². The van der Waals surface area contributed by atoms with Crippen LogP contribution >= 0.6 is 0 Å². The van der Waals surface area contributed by atoms with Crippen LogP contribution in [0.15, 0.2) is 12.2 Å². The van der Waals surface area contributed by atoms with E-state index >= 15 is 0 Å². The summed E-state index contributed by atoms with van der Waals surface area (Å²) < 4.78 is 59.4. The summed E-state index contributed by atoms with van der Waals surface area (Å²) >= 11 is 0. The molecule has 0 aromatic rings. The third-order valence-electron chi connectivity index (χ3n) is 5.34. The van der Waals surface area contributed by atoms with Crippen LogP contribution in [0.2, 0.25) is 0 Å². The van der Waals surface area contributed by atoms with Crippen LogP contribution < -0.4 is 5.73 Å². The van der Waals surface area contributed by atoms with Crippen molar-refractivity contribution in [2.24, 2.45) is 5.73 Å². The highest BCUT2D eigenvalue weighted by molar-refractivity contribution is 6.12. The van der Waals surface area contributed by atoms with Gasteiger partial charge in [0.2, 0.25) is 0 Å². The van der Waals surface area contributed by atoms with Crippen LogP contribution in [0.3, 0.4) is 0 Å². The summed E-state index contributed by atoms with van der Waals surface area (Å²) in [6.07, 6.45) is 2.51. The molecule has 0 bridgehead atoms. The van der Waals surface area contributed by atoms with Crippen molar-refractivity contribution in [2.75, 3.05) is 158 Å². The standard InChI is InChI=1S/C28H52N2O13/c29-3-5-33-7-9-35-11-13-37-15-17-39-19-21-41-23-25-43-26-24-42-22-20-40-18-16-38-14-12-36-10-8-34-6-4-30-27(31)1-2-28(30)32/h1-2H,3-26,29H2. The van der Waals surface area contributed by atoms with E-state index in [1.54, 1.807) is 0 Å². The lowest BCUT2D eigenvalue weighted by Gasteiger charge is -2.13. The van der Waals surface area contributed by atoms with Gasteiger partial charge < -0.3 is 57.8 Å². The number of rotatable bonds is 35. The Balaban J connectivity index is 1.62. The minimum Gasteiger partial charge on any atom is -0.378 e. The lowest BCUT2D eigenvalue weighted by atomic mass is 10.5. The molecule has 0 aromatic carbocycles. The van der Waals surface area contributed by atoms with E-state index in [2.05, 4.69) is 0 Å². The summed E-state index contributed by atoms with van der Waals surface area (Å²) in [5.74, 6) is -0.613. The Morgan fingerprint density at radius 2 is 0.581 bits per heavy atom. The Bertz CT molecular complexity index is 655. The maximum Gasteiger partial charge on any atom is 0.253 e. The Morgan fingerprint density at radius 1 is 0.372 bits per heavy atom. The molecule has 252 valence electrons. The maximum atomic E-state index is 11.4. The van der Waals surface area contributed by atoms with Gasteiger partial charge in [0, 0.05) is 18.7 Å². The molecule has 0 unspecified atom stereocenters. The molecule has 0 saturated carbocycles. The fourth-order valence-corrected chi connectivity index (χ4v) is 3.19. The fourth-order valence-electron chi connectivity index (χ4n) is 3.19. The first-order valence-corrected chi connectivity index (χ1v) is 14.8. The number of imide groups is 1. The first kappa shape index (κ1) is 39.4. The maximum absolute atomic E-state index is 11.4. The zero-order valence-corrected chi connectivity index (χ0v) is 25.5. The molecular weight excluding hydrogens is 572 g/mol. The minimum absolute atomic E-state index is 0.240. The largest absolute Gasteiger partial charge is 0.378 e. The SMILES string of the molecule is NCCOCCOCCOCCOCCOCCOCCOCCOCCOCCOCCOCCN1C(=O)C=CC1=O. The quantitative estimate of drug-likeness (QED) is 0.0678. The Labute approximate surface area is 255 Å². The van der Waals surface area contributed by atoms with E-state index in [-0.39, 0.29) is 25.0 Å². The third kappa shape index (κ3) is 26.5. The number of amides is 2. The van der Waals surface area contributed by atoms with Crippen LogP contribution in [-0.2, 0) is 61.7 Å². The summed E-state index contributed by atoms with van der Waals surface area (Å²) in [5.41, 5.74) is 5.32. The summed E-state index contributed by atoms with van der Waals surface area (Å²) in [7, 11) is 0. The van der Waals surface area contributed by atoms with Crippen LogP contribution in [0.5, 0.6) is 0 Å². The number of ether oxygens (including phenoxy) is 11. The van der Waals surface area contributed by atoms with Gasteiger partial charge in [-0.3, -0.25) is 14.5 Å². The molecule has 0 aromatic heterocycles. The molecule has 0 fully saturated rings. The summed E-state index contributed by atoms with van der Waals surface area (Å²) in [5, 5.41) is 0. The third-order valence-corrected chi connectivity index (χ3v) is 5.34. The molecule has 1 rings (SSSR count). The van der Waals surface area contributed by atoms with Gasteiger partial charge in [0.1, 0.15) is 0 Å². The molecule has 0 saturated heterocycles. The van der Waals surface area contributed by atoms with Crippen LogP contribution in [0.1, 0.15) is 0 Å². The average Bonchev–Trinajstić information content (AvgIpc) is 3.33. The number of hydrogen-bond acceptors (Lipinski definition) is 14. The first-order valence-electron chi connectivity index (χ1n) is 14.8. The van der Waals surface area contributed by atoms with E-state index in [9.17, 15) is 9.59 Å². The number of nitrogens with zero attached hydrogens (tertiary/aromatic N) is 1. The van der Waals surface area contributed by atoms with Crippen molar-refractivity contribution >= 4 is 11.8 Å². The molecule has 43 heavy (non-hydrogen) atoms. The van der Waals surface area contributed by atoms with E-state index in [0.29, 0.717) is 145 Å². The summed E-state index contributed by atoms with van der Waals surface area (Å²) in [6.45, 7) is 11.3. The minimum atomic E-state index is -0.307. The molecule has 2 amide bonds. The fraction of sp³-hybridized carbons (Fsp3) is 0.857. The van der Waals surface area contributed by atoms with Crippen molar-refractivity contribution in [3.8, 4) is 0 Å². The smallest absolute Gasteiger partial charge is 0.253 e. The molecule has 1 heterocycles. The van der Waals surface area contributed by atoms with Crippen molar-refractivity contribution in [3.63, 3.8) is 0 Å². The van der Waals surface area contributed by atoms with Crippen molar-refractivity contribution < 1.29 is 61.7 Å². The van der Waals surface area contributed by atoms with E-state index in [0.717, 1.165) is 4.90 Å². The lowest BCUT2D eigenvalue weighted by molar-refractivity contribution is -0.137. The van der Waals surface area contributed by atoms with Crippen LogP contribution in [0.4, 0.5) is 0 Å². The van der Waals surface area contributed by atoms with Crippen molar-refractivity contribution in [3.05, 3.63) is 12.2 Å². The van der Waals surface area contributed by atoms with Gasteiger partial charge in [-0.05, 0) is 0 Å². The average molecular weight is 625 g/mol. The molecule has 15 heteroatoms. The van der Waals surface area contributed by atoms with Crippen LogP contribution in [0, 0.1) is 0 Å². The predicted octanol–water partition coefficient (Wildman–Crippen LogP) is -0.947. The summed E-state index contributed by atoms with van der Waals surface area (Å²) in [6, 6.07) is 0. The summed E-state index contributed by atoms with van der Waals surface area (Å²) in [4.78, 5) is 23.9. The second-order valence-corrected chi connectivity index (χ2v) is 8.69. The van der Waals surface area contributed by atoms with Crippen LogP contribution in [-0.4, -0.2) is 175 Å². The Morgan fingerprint density at radius 3 is 0.814 bits per heavy atom. The molecular formula is C28H52N2O13. The van der Waals surface area contributed by atoms with E-state index in [1.165, 1.54) is 12.2 Å². The number of hydrogen-bond donors (Lipinski definition) is 1. The van der Waals surface area contributed by atoms with Gasteiger partial charge in [0.25, 0.3) is 11.8 Å². The number of nitrogens with two attached hydrogens (primary N) is 1. The Hall–Kier alpha value is -1.60. The van der Waals surface area contributed by atoms with Gasteiger partial charge in [-0.1, -0.05) is 0 Å². The molecule has 0 spiro atoms. The Kier molecular flexibility index (Phi) is 29.2. The van der Waals surface area contributed by atoms with Gasteiger partial charge in [-0.25, -0.2) is 0 Å². The van der Waals surface area contributed by atoms with Crippen LogP contribution in [0.25, 0.3) is 0 Å². The molecule has 1 aliphatic rings. The monoisotopic (exact) mass is 624 g/mol. The molecule has 1 aliphatic heterocycles. The zero-order valence-electron chi connectivity index (χ0n) is 25.5. The lowest BCUT2D eigenvalue weighted by Crippen LogP contribution is -2.33. The molecule has 0 aliphatic carbocycles. The van der Waals surface area contributed by atoms with Gasteiger partial charge >= 0.3 is 0 Å². The van der Waals surface area contributed by atoms with Gasteiger partial charge in [-0.2, -0.15) is 0 Å². The first-order chi connectivity index (χ1) is 21.3. The van der Waals surface area contributed by atoms with Gasteiger partial charge in [-0.15, -0.1) is 0 Å². The molecule has 15 nitrogen and oxygen atoms in total. The number of carbonyl (C=O) groups excluding carboxylic acids is 2. The van der Waals surface area contributed by atoms with E-state index in [4.69, 9.17) is 57.8 Å². The second kappa shape index (κ2) is 31.8. The topological polar surface area (TPSA) is 165 Å². The van der Waals surface area contributed by atoms with Crippen molar-refractivity contribution in [1.82, 2.24) is 4.90 Å². The predicted molar refractivity (Wildman–Crippen MR) is 154 cm³/mol. The van der Waals surface area contributed by atoms with E-state index in [1.807, 2.05) is 0 Å². The normalized spacial score (nSPS) is 13.2. The molecule has 0 radical (unpaired) electrons. The van der Waals surface area contributed by atoms with E-state index < -0.39 is 0 Å². The zero-order chi connectivity index (χ0) is 30.9. The van der Waals surface area contributed by atoms with Crippen molar-refractivity contribution in [1.29, 1.82) is 0 Å². The van der Waals surface area contributed by atoms with Gasteiger partial charge in [0.15, 0.2) is 0 Å². The van der Waals surface area contributed by atoms with Gasteiger partial charge in [0.05, 0.1) is 152 Å². The highest BCUT2D eigenvalue weighted by atomic mass is 16.6. The highest BCUT2D eigenvalue weighted by Crippen LogP contribution is 2.02. The number of carbonyl (C=O) groups is 2. The highest BCUT2D eigenvalue weighted by Gasteiger charge is 2.22. The second-order valence-electron chi connectivity index (χ2n) is 8.69. The molecule has 0 atom stereocenters.